The van der Waals surface area contributed by atoms with E-state index in [-0.39, 0.29) is 42.4 Å². The minimum absolute atomic E-state index is 0.0252. The topological polar surface area (TPSA) is 92.2 Å². The molecule has 1 fully saturated rings. The SMILES string of the molecule is C[C@@H]1CN([C@@H](C)CO)C(=O)c2cc(C3=CCCC3)cnc2O[C@@H]1CN(C)C(=O)C1CCOCC1. The van der Waals surface area contributed by atoms with E-state index >= 15 is 0 Å². The van der Waals surface area contributed by atoms with E-state index in [0.717, 1.165) is 37.7 Å². The Hall–Kier alpha value is -2.45. The van der Waals surface area contributed by atoms with Crippen molar-refractivity contribution in [2.45, 2.75) is 58.1 Å². The van der Waals surface area contributed by atoms with E-state index in [1.165, 1.54) is 5.57 Å². The minimum atomic E-state index is -0.336. The van der Waals surface area contributed by atoms with Gasteiger partial charge in [0.25, 0.3) is 5.91 Å². The molecule has 0 spiro atoms. The zero-order valence-corrected chi connectivity index (χ0v) is 20.5. The van der Waals surface area contributed by atoms with E-state index in [4.69, 9.17) is 9.47 Å². The summed E-state index contributed by atoms with van der Waals surface area (Å²) >= 11 is 0. The maximum atomic E-state index is 13.5. The first-order chi connectivity index (χ1) is 16.4. The van der Waals surface area contributed by atoms with E-state index in [9.17, 15) is 14.7 Å². The summed E-state index contributed by atoms with van der Waals surface area (Å²) < 4.78 is 11.7. The molecule has 0 bridgehead atoms. The number of aliphatic hydroxyl groups is 1. The number of carbonyl (C=O) groups excluding carboxylic acids is 2. The number of hydrogen-bond donors (Lipinski definition) is 1. The van der Waals surface area contributed by atoms with Crippen molar-refractivity contribution in [3.8, 4) is 5.88 Å². The Kier molecular flexibility index (Phi) is 7.88. The number of aromatic nitrogens is 1. The molecule has 3 aliphatic rings. The molecular formula is C26H37N3O5. The van der Waals surface area contributed by atoms with Gasteiger partial charge in [0.1, 0.15) is 11.7 Å². The van der Waals surface area contributed by atoms with Crippen molar-refractivity contribution in [3.05, 3.63) is 29.5 Å². The minimum Gasteiger partial charge on any atom is -0.472 e. The summed E-state index contributed by atoms with van der Waals surface area (Å²) in [6.07, 6.45) is 8.25. The molecule has 0 saturated carbocycles. The van der Waals surface area contributed by atoms with Gasteiger partial charge in [-0.3, -0.25) is 9.59 Å². The Morgan fingerprint density at radius 2 is 2.12 bits per heavy atom. The van der Waals surface area contributed by atoms with E-state index in [0.29, 0.717) is 37.7 Å². The molecule has 2 aliphatic heterocycles. The highest BCUT2D eigenvalue weighted by molar-refractivity contribution is 5.97. The van der Waals surface area contributed by atoms with Gasteiger partial charge >= 0.3 is 0 Å². The molecule has 0 aromatic carbocycles. The number of ether oxygens (including phenoxy) is 2. The van der Waals surface area contributed by atoms with Crippen molar-refractivity contribution >= 4 is 17.4 Å². The summed E-state index contributed by atoms with van der Waals surface area (Å²) in [7, 11) is 1.82. The van der Waals surface area contributed by atoms with Gasteiger partial charge in [0.2, 0.25) is 11.8 Å². The van der Waals surface area contributed by atoms with Gasteiger partial charge in [0, 0.05) is 44.8 Å². The molecule has 8 nitrogen and oxygen atoms in total. The summed E-state index contributed by atoms with van der Waals surface area (Å²) in [6, 6.07) is 1.54. The molecule has 186 valence electrons. The first-order valence-electron chi connectivity index (χ1n) is 12.5. The smallest absolute Gasteiger partial charge is 0.259 e. The molecule has 3 atom stereocenters. The number of fused-ring (bicyclic) bond motifs is 1. The molecule has 34 heavy (non-hydrogen) atoms. The van der Waals surface area contributed by atoms with Crippen LogP contribution in [-0.2, 0) is 9.53 Å². The van der Waals surface area contributed by atoms with Gasteiger partial charge in [-0.25, -0.2) is 4.98 Å². The number of carbonyl (C=O) groups is 2. The van der Waals surface area contributed by atoms with Crippen LogP contribution in [0.25, 0.3) is 5.57 Å². The number of hydrogen-bond acceptors (Lipinski definition) is 6. The highest BCUT2D eigenvalue weighted by Gasteiger charge is 2.35. The van der Waals surface area contributed by atoms with E-state index < -0.39 is 0 Å². The lowest BCUT2D eigenvalue weighted by Crippen LogP contribution is -2.51. The summed E-state index contributed by atoms with van der Waals surface area (Å²) in [6.45, 7) is 5.81. The van der Waals surface area contributed by atoms with Crippen molar-refractivity contribution < 1.29 is 24.2 Å². The predicted octanol–water partition coefficient (Wildman–Crippen LogP) is 2.75. The lowest BCUT2D eigenvalue weighted by molar-refractivity contribution is -0.138. The van der Waals surface area contributed by atoms with Crippen molar-refractivity contribution in [3.63, 3.8) is 0 Å². The standard InChI is InChI=1S/C26H37N3O5/c1-17-14-29(18(2)16-30)26(32)22-12-21(19-6-4-5-7-19)13-27-24(22)34-23(17)15-28(3)25(31)20-8-10-33-11-9-20/h6,12-13,17-18,20,23,30H,4-5,7-11,14-16H2,1-3H3/t17-,18+,23-/m1/s1. The van der Waals surface area contributed by atoms with Gasteiger partial charge in [-0.2, -0.15) is 0 Å². The lowest BCUT2D eigenvalue weighted by atomic mass is 9.96. The summed E-state index contributed by atoms with van der Waals surface area (Å²) in [5.41, 5.74) is 2.57. The third-order valence-electron chi connectivity index (χ3n) is 7.33. The summed E-state index contributed by atoms with van der Waals surface area (Å²) in [5.74, 6) is 0.139. The second-order valence-corrected chi connectivity index (χ2v) is 9.93. The molecule has 1 N–H and O–H groups in total. The van der Waals surface area contributed by atoms with Crippen LogP contribution < -0.4 is 4.74 Å². The highest BCUT2D eigenvalue weighted by Crippen LogP contribution is 2.32. The Bertz CT molecular complexity index is 927. The number of rotatable bonds is 6. The first-order valence-corrected chi connectivity index (χ1v) is 12.5. The maximum absolute atomic E-state index is 13.5. The highest BCUT2D eigenvalue weighted by atomic mass is 16.5. The Morgan fingerprint density at radius 3 is 2.79 bits per heavy atom. The normalized spacial score (nSPS) is 24.5. The number of aliphatic hydroxyl groups excluding tert-OH is 1. The molecule has 1 aliphatic carbocycles. The molecule has 0 radical (unpaired) electrons. The Balaban J connectivity index is 1.61. The lowest BCUT2D eigenvalue weighted by Gasteiger charge is -2.38. The van der Waals surface area contributed by atoms with Crippen LogP contribution >= 0.6 is 0 Å². The van der Waals surface area contributed by atoms with E-state index in [1.54, 1.807) is 16.0 Å². The average molecular weight is 472 g/mol. The fourth-order valence-electron chi connectivity index (χ4n) is 5.04. The fourth-order valence-corrected chi connectivity index (χ4v) is 5.04. The average Bonchev–Trinajstić information content (AvgIpc) is 3.40. The van der Waals surface area contributed by atoms with Gasteiger partial charge in [-0.1, -0.05) is 13.0 Å². The molecule has 4 rings (SSSR count). The second kappa shape index (κ2) is 10.9. The van der Waals surface area contributed by atoms with Gasteiger partial charge in [-0.05, 0) is 56.2 Å². The molecular weight excluding hydrogens is 434 g/mol. The number of amides is 2. The predicted molar refractivity (Wildman–Crippen MR) is 128 cm³/mol. The maximum Gasteiger partial charge on any atom is 0.259 e. The van der Waals surface area contributed by atoms with Crippen molar-refractivity contribution in [2.75, 3.05) is 40.0 Å². The number of allylic oxidation sites excluding steroid dienone is 2. The zero-order chi connectivity index (χ0) is 24.2. The van der Waals surface area contributed by atoms with Crippen LogP contribution in [0.3, 0.4) is 0 Å². The molecule has 8 heteroatoms. The van der Waals surface area contributed by atoms with Gasteiger partial charge < -0.3 is 24.4 Å². The quantitative estimate of drug-likeness (QED) is 0.686. The van der Waals surface area contributed by atoms with Crippen molar-refractivity contribution in [1.82, 2.24) is 14.8 Å². The van der Waals surface area contributed by atoms with Crippen LogP contribution in [0.1, 0.15) is 61.9 Å². The molecule has 3 heterocycles. The van der Waals surface area contributed by atoms with Crippen LogP contribution in [-0.4, -0.2) is 83.8 Å². The third kappa shape index (κ3) is 5.28. The Labute approximate surface area is 201 Å². The molecule has 1 aromatic rings. The monoisotopic (exact) mass is 471 g/mol. The number of pyridine rings is 1. The first kappa shape index (κ1) is 24.7. The summed E-state index contributed by atoms with van der Waals surface area (Å²) in [5, 5.41) is 9.84. The second-order valence-electron chi connectivity index (χ2n) is 9.93. The van der Waals surface area contributed by atoms with Crippen LogP contribution in [0.15, 0.2) is 18.3 Å². The van der Waals surface area contributed by atoms with E-state index in [1.807, 2.05) is 27.0 Å². The summed E-state index contributed by atoms with van der Waals surface area (Å²) in [4.78, 5) is 34.6. The zero-order valence-electron chi connectivity index (χ0n) is 20.5. The van der Waals surface area contributed by atoms with Crippen LogP contribution in [0.2, 0.25) is 0 Å². The van der Waals surface area contributed by atoms with Crippen molar-refractivity contribution in [2.24, 2.45) is 11.8 Å². The fraction of sp³-hybridized carbons (Fsp3) is 0.654. The number of likely N-dealkylation sites (N-methyl/N-ethyl adjacent to an activating group) is 1. The van der Waals surface area contributed by atoms with Crippen LogP contribution in [0, 0.1) is 11.8 Å². The third-order valence-corrected chi connectivity index (χ3v) is 7.33. The Morgan fingerprint density at radius 1 is 1.35 bits per heavy atom. The van der Waals surface area contributed by atoms with E-state index in [2.05, 4.69) is 11.1 Å². The molecule has 1 aromatic heterocycles. The van der Waals surface area contributed by atoms with Crippen LogP contribution in [0.5, 0.6) is 5.88 Å². The molecule has 2 amide bonds. The van der Waals surface area contributed by atoms with Gasteiger partial charge in [0.05, 0.1) is 19.2 Å². The van der Waals surface area contributed by atoms with Crippen LogP contribution in [0.4, 0.5) is 0 Å². The molecule has 0 unspecified atom stereocenters. The van der Waals surface area contributed by atoms with Gasteiger partial charge in [-0.15, -0.1) is 0 Å². The largest absolute Gasteiger partial charge is 0.472 e. The van der Waals surface area contributed by atoms with Crippen molar-refractivity contribution in [1.29, 1.82) is 0 Å². The van der Waals surface area contributed by atoms with Gasteiger partial charge in [0.15, 0.2) is 0 Å². The molecule has 1 saturated heterocycles. The number of nitrogens with zero attached hydrogens (tertiary/aromatic N) is 3.